The van der Waals surface area contributed by atoms with Gasteiger partial charge in [0.25, 0.3) is 0 Å². The number of carbonyl (C=O) groups is 1. The first kappa shape index (κ1) is 14.2. The van der Waals surface area contributed by atoms with Gasteiger partial charge in [0, 0.05) is 24.9 Å². The quantitative estimate of drug-likeness (QED) is 0.796. The van der Waals surface area contributed by atoms with Gasteiger partial charge in [-0.25, -0.2) is 0 Å². The van der Waals surface area contributed by atoms with E-state index in [9.17, 15) is 4.79 Å². The number of aromatic nitrogens is 3. The van der Waals surface area contributed by atoms with Crippen LogP contribution >= 0.6 is 0 Å². The van der Waals surface area contributed by atoms with E-state index in [1.165, 1.54) is 0 Å². The highest BCUT2D eigenvalue weighted by Crippen LogP contribution is 2.06. The number of aliphatic hydroxyl groups is 1. The van der Waals surface area contributed by atoms with Gasteiger partial charge in [0.2, 0.25) is 5.91 Å². The summed E-state index contributed by atoms with van der Waals surface area (Å²) < 4.78 is 1.65. The highest BCUT2D eigenvalue weighted by Gasteiger charge is 2.05. The molecule has 1 amide bonds. The van der Waals surface area contributed by atoms with Gasteiger partial charge in [0.15, 0.2) is 0 Å². The lowest BCUT2D eigenvalue weighted by Crippen LogP contribution is -2.14. The second-order valence-corrected chi connectivity index (χ2v) is 4.46. The Balaban J connectivity index is 1.77. The van der Waals surface area contributed by atoms with E-state index in [4.69, 9.17) is 5.11 Å². The lowest BCUT2D eigenvalue weighted by Gasteiger charge is -2.04. The molecule has 20 heavy (non-hydrogen) atoms. The summed E-state index contributed by atoms with van der Waals surface area (Å²) in [5.41, 5.74) is 1.63. The molecule has 0 spiro atoms. The molecule has 0 radical (unpaired) electrons. The van der Waals surface area contributed by atoms with Crippen molar-refractivity contribution in [1.29, 1.82) is 0 Å². The maximum atomic E-state index is 11.8. The first-order valence-electron chi connectivity index (χ1n) is 6.62. The van der Waals surface area contributed by atoms with Gasteiger partial charge >= 0.3 is 0 Å². The molecule has 0 bridgehead atoms. The molecule has 0 aliphatic heterocycles. The molecule has 0 aliphatic rings. The summed E-state index contributed by atoms with van der Waals surface area (Å²) in [5, 5.41) is 19.5. The highest BCUT2D eigenvalue weighted by atomic mass is 16.2. The SMILES string of the molecule is O=C(CCn1cc(CCCO)nn1)Nc1ccccc1. The van der Waals surface area contributed by atoms with Crippen molar-refractivity contribution >= 4 is 11.6 Å². The van der Waals surface area contributed by atoms with Crippen molar-refractivity contribution in [1.82, 2.24) is 15.0 Å². The molecule has 2 N–H and O–H groups in total. The van der Waals surface area contributed by atoms with Crippen LogP contribution in [0.25, 0.3) is 0 Å². The molecule has 0 aliphatic carbocycles. The Morgan fingerprint density at radius 2 is 2.10 bits per heavy atom. The fourth-order valence-electron chi connectivity index (χ4n) is 1.78. The topological polar surface area (TPSA) is 80.0 Å². The first-order valence-corrected chi connectivity index (χ1v) is 6.62. The van der Waals surface area contributed by atoms with E-state index < -0.39 is 0 Å². The number of anilines is 1. The van der Waals surface area contributed by atoms with Gasteiger partial charge in [-0.05, 0) is 25.0 Å². The van der Waals surface area contributed by atoms with E-state index in [1.807, 2.05) is 36.5 Å². The van der Waals surface area contributed by atoms with Crippen molar-refractivity contribution in [3.8, 4) is 0 Å². The standard InChI is InChI=1S/C14H18N4O2/c19-10-4-7-13-11-18(17-16-13)9-8-14(20)15-12-5-2-1-3-6-12/h1-3,5-6,11,19H,4,7-10H2,(H,15,20). The molecule has 0 saturated heterocycles. The van der Waals surface area contributed by atoms with Crippen LogP contribution in [0.2, 0.25) is 0 Å². The molecule has 0 unspecified atom stereocenters. The Kier molecular flexibility index (Phi) is 5.25. The summed E-state index contributed by atoms with van der Waals surface area (Å²) in [5.74, 6) is -0.0522. The number of amides is 1. The van der Waals surface area contributed by atoms with Gasteiger partial charge in [0.1, 0.15) is 0 Å². The highest BCUT2D eigenvalue weighted by molar-refractivity contribution is 5.90. The van der Waals surface area contributed by atoms with Crippen LogP contribution in [0.15, 0.2) is 36.5 Å². The van der Waals surface area contributed by atoms with E-state index in [-0.39, 0.29) is 12.5 Å². The molecule has 0 saturated carbocycles. The zero-order chi connectivity index (χ0) is 14.2. The minimum Gasteiger partial charge on any atom is -0.396 e. The third kappa shape index (κ3) is 4.47. The van der Waals surface area contributed by atoms with E-state index in [0.29, 0.717) is 25.8 Å². The minimum atomic E-state index is -0.0522. The Bertz CT molecular complexity index is 539. The molecule has 106 valence electrons. The van der Waals surface area contributed by atoms with Crippen LogP contribution in [-0.4, -0.2) is 32.6 Å². The molecule has 1 aromatic heterocycles. The summed E-state index contributed by atoms with van der Waals surface area (Å²) in [6.45, 7) is 0.636. The van der Waals surface area contributed by atoms with Crippen molar-refractivity contribution in [2.45, 2.75) is 25.8 Å². The average Bonchev–Trinajstić information content (AvgIpc) is 2.92. The van der Waals surface area contributed by atoms with Crippen LogP contribution < -0.4 is 5.32 Å². The fourth-order valence-corrected chi connectivity index (χ4v) is 1.78. The lowest BCUT2D eigenvalue weighted by molar-refractivity contribution is -0.116. The number of hydrogen-bond donors (Lipinski definition) is 2. The van der Waals surface area contributed by atoms with Crippen LogP contribution in [-0.2, 0) is 17.8 Å². The van der Waals surface area contributed by atoms with Crippen LogP contribution in [0.5, 0.6) is 0 Å². The smallest absolute Gasteiger partial charge is 0.226 e. The number of carbonyl (C=O) groups excluding carboxylic acids is 1. The third-order valence-electron chi connectivity index (χ3n) is 2.80. The Morgan fingerprint density at radius 3 is 2.85 bits per heavy atom. The molecule has 2 aromatic rings. The number of aryl methyl sites for hydroxylation is 2. The van der Waals surface area contributed by atoms with Gasteiger partial charge < -0.3 is 10.4 Å². The number of nitrogens with one attached hydrogen (secondary N) is 1. The van der Waals surface area contributed by atoms with Gasteiger partial charge in [-0.2, -0.15) is 0 Å². The Morgan fingerprint density at radius 1 is 1.30 bits per heavy atom. The molecular weight excluding hydrogens is 256 g/mol. The van der Waals surface area contributed by atoms with Crippen molar-refractivity contribution in [2.75, 3.05) is 11.9 Å². The zero-order valence-electron chi connectivity index (χ0n) is 11.2. The third-order valence-corrected chi connectivity index (χ3v) is 2.80. The minimum absolute atomic E-state index is 0.0522. The normalized spacial score (nSPS) is 10.4. The summed E-state index contributed by atoms with van der Waals surface area (Å²) in [6.07, 6.45) is 3.53. The fraction of sp³-hybridized carbons (Fsp3) is 0.357. The average molecular weight is 274 g/mol. The van der Waals surface area contributed by atoms with Gasteiger partial charge in [-0.1, -0.05) is 23.4 Å². The van der Waals surface area contributed by atoms with Crippen LogP contribution in [0.1, 0.15) is 18.5 Å². The molecular formula is C14H18N4O2. The number of aliphatic hydroxyl groups excluding tert-OH is 1. The van der Waals surface area contributed by atoms with Gasteiger partial charge in [-0.3, -0.25) is 9.48 Å². The van der Waals surface area contributed by atoms with E-state index >= 15 is 0 Å². The van der Waals surface area contributed by atoms with E-state index in [1.54, 1.807) is 4.68 Å². The summed E-state index contributed by atoms with van der Waals surface area (Å²) in [7, 11) is 0. The summed E-state index contributed by atoms with van der Waals surface area (Å²) in [4.78, 5) is 11.8. The molecule has 1 heterocycles. The Hall–Kier alpha value is -2.21. The maximum Gasteiger partial charge on any atom is 0.226 e. The summed E-state index contributed by atoms with van der Waals surface area (Å²) >= 11 is 0. The van der Waals surface area contributed by atoms with Gasteiger partial charge in [-0.15, -0.1) is 5.10 Å². The van der Waals surface area contributed by atoms with E-state index in [0.717, 1.165) is 11.4 Å². The second-order valence-electron chi connectivity index (χ2n) is 4.46. The van der Waals surface area contributed by atoms with Crippen molar-refractivity contribution in [2.24, 2.45) is 0 Å². The first-order chi connectivity index (χ1) is 9.78. The summed E-state index contributed by atoms with van der Waals surface area (Å²) in [6, 6.07) is 9.35. The predicted octanol–water partition coefficient (Wildman–Crippen LogP) is 1.23. The molecule has 0 atom stereocenters. The zero-order valence-corrected chi connectivity index (χ0v) is 11.2. The van der Waals surface area contributed by atoms with Crippen molar-refractivity contribution in [3.63, 3.8) is 0 Å². The molecule has 1 aromatic carbocycles. The Labute approximate surface area is 117 Å². The maximum absolute atomic E-state index is 11.8. The van der Waals surface area contributed by atoms with Crippen LogP contribution in [0.4, 0.5) is 5.69 Å². The van der Waals surface area contributed by atoms with Crippen LogP contribution in [0, 0.1) is 0 Å². The van der Waals surface area contributed by atoms with Crippen molar-refractivity contribution in [3.05, 3.63) is 42.2 Å². The molecule has 6 nitrogen and oxygen atoms in total. The number of hydrogen-bond acceptors (Lipinski definition) is 4. The largest absolute Gasteiger partial charge is 0.396 e. The number of rotatable bonds is 7. The van der Waals surface area contributed by atoms with E-state index in [2.05, 4.69) is 15.6 Å². The number of nitrogens with zero attached hydrogens (tertiary/aromatic N) is 3. The number of benzene rings is 1. The second kappa shape index (κ2) is 7.40. The monoisotopic (exact) mass is 274 g/mol. The number of para-hydroxylation sites is 1. The predicted molar refractivity (Wildman–Crippen MR) is 75.1 cm³/mol. The molecule has 6 heteroatoms. The van der Waals surface area contributed by atoms with Crippen LogP contribution in [0.3, 0.4) is 0 Å². The van der Waals surface area contributed by atoms with Gasteiger partial charge in [0.05, 0.1) is 12.2 Å². The lowest BCUT2D eigenvalue weighted by atomic mass is 10.2. The molecule has 2 rings (SSSR count). The molecule has 0 fully saturated rings. The van der Waals surface area contributed by atoms with Crippen molar-refractivity contribution < 1.29 is 9.90 Å².